The topological polar surface area (TPSA) is 162 Å². The van der Waals surface area contributed by atoms with Crippen molar-refractivity contribution in [3.05, 3.63) is 29.6 Å². The summed E-state index contributed by atoms with van der Waals surface area (Å²) in [5.74, 6) is -0.662. The molecule has 0 radical (unpaired) electrons. The van der Waals surface area contributed by atoms with Gasteiger partial charge in [0.2, 0.25) is 11.8 Å². The summed E-state index contributed by atoms with van der Waals surface area (Å²) in [6, 6.07) is 3.41. The van der Waals surface area contributed by atoms with E-state index in [0.29, 0.717) is 30.5 Å². The molecule has 0 spiro atoms. The maximum Gasteiger partial charge on any atom is 0.346 e. The molecule has 176 valence electrons. The van der Waals surface area contributed by atoms with Gasteiger partial charge in [0, 0.05) is 19.3 Å². The molecular formula is C23H30N6O4. The zero-order valence-electron chi connectivity index (χ0n) is 18.5. The normalized spacial score (nSPS) is 28.4. The van der Waals surface area contributed by atoms with Gasteiger partial charge in [-0.3, -0.25) is 25.0 Å². The standard InChI is InChI=1S/C23H30N6O4/c24-21(25)18-5-3-15(10-27-18)11-28-22(33)23(17-9-14-2-4-16(17)8-14)6-1-7-29(23)19(30)12-26-13-20(31)32/h3,5,10,13-14,16-17H,1-2,4,6-9,11-12H2,(H3,24,25)(H,28,33)(H,31,32)/t14?,16?,17?,23-/m1/s1. The number of nitrogen functional groups attached to an aromatic ring is 1. The molecule has 10 heteroatoms. The molecule has 3 unspecified atom stereocenters. The number of hydrogen-bond acceptors (Lipinski definition) is 6. The average Bonchev–Trinajstić information content (AvgIpc) is 3.53. The van der Waals surface area contributed by atoms with E-state index < -0.39 is 11.5 Å². The highest BCUT2D eigenvalue weighted by Crippen LogP contribution is 2.56. The van der Waals surface area contributed by atoms with Crippen molar-refractivity contribution in [2.24, 2.45) is 28.5 Å². The van der Waals surface area contributed by atoms with Crippen molar-refractivity contribution in [3.8, 4) is 0 Å². The van der Waals surface area contributed by atoms with E-state index in [1.807, 2.05) is 0 Å². The summed E-state index contributed by atoms with van der Waals surface area (Å²) in [5, 5.41) is 19.3. The number of hydrogen-bond donors (Lipinski definition) is 4. The average molecular weight is 455 g/mol. The third-order valence-corrected chi connectivity index (χ3v) is 7.45. The van der Waals surface area contributed by atoms with E-state index in [2.05, 4.69) is 15.3 Å². The van der Waals surface area contributed by atoms with Gasteiger partial charge in [0.25, 0.3) is 0 Å². The minimum absolute atomic E-state index is 0.101. The lowest BCUT2D eigenvalue weighted by Gasteiger charge is -2.45. The molecule has 4 atom stereocenters. The van der Waals surface area contributed by atoms with Crippen LogP contribution < -0.4 is 11.1 Å². The van der Waals surface area contributed by atoms with E-state index in [4.69, 9.17) is 16.2 Å². The number of aromatic nitrogens is 1. The van der Waals surface area contributed by atoms with E-state index >= 15 is 0 Å². The highest BCUT2D eigenvalue weighted by Gasteiger charge is 2.59. The van der Waals surface area contributed by atoms with Gasteiger partial charge in [0.05, 0.1) is 0 Å². The smallest absolute Gasteiger partial charge is 0.346 e. The molecule has 1 aromatic heterocycles. The van der Waals surface area contributed by atoms with Crippen molar-refractivity contribution in [3.63, 3.8) is 0 Å². The SMILES string of the molecule is N=C(N)c1ccc(CNC(=O)[C@]2(C3CC4CCC3C4)CCCN2C(=O)CN=CC(=O)O)cn1. The van der Waals surface area contributed by atoms with Crippen LogP contribution in [0.15, 0.2) is 23.3 Å². The molecule has 1 aliphatic heterocycles. The summed E-state index contributed by atoms with van der Waals surface area (Å²) in [6.45, 7) is 0.446. The lowest BCUT2D eigenvalue weighted by Crippen LogP contribution is -2.62. The Balaban J connectivity index is 1.55. The molecule has 2 aliphatic carbocycles. The monoisotopic (exact) mass is 454 g/mol. The molecule has 0 aromatic carbocycles. The second kappa shape index (κ2) is 9.29. The summed E-state index contributed by atoms with van der Waals surface area (Å²) in [7, 11) is 0. The summed E-state index contributed by atoms with van der Waals surface area (Å²) < 4.78 is 0. The second-order valence-electron chi connectivity index (χ2n) is 9.31. The lowest BCUT2D eigenvalue weighted by molar-refractivity contribution is -0.149. The molecule has 2 saturated carbocycles. The van der Waals surface area contributed by atoms with Crippen LogP contribution in [-0.2, 0) is 20.9 Å². The molecule has 3 aliphatic rings. The predicted molar refractivity (Wildman–Crippen MR) is 121 cm³/mol. The van der Waals surface area contributed by atoms with Crippen molar-refractivity contribution in [1.29, 1.82) is 5.41 Å². The molecule has 1 saturated heterocycles. The van der Waals surface area contributed by atoms with Gasteiger partial charge in [0.15, 0.2) is 0 Å². The van der Waals surface area contributed by atoms with Crippen molar-refractivity contribution >= 4 is 29.8 Å². The van der Waals surface area contributed by atoms with Crippen LogP contribution in [0.1, 0.15) is 49.8 Å². The van der Waals surface area contributed by atoms with Gasteiger partial charge in [-0.1, -0.05) is 12.5 Å². The Morgan fingerprint density at radius 2 is 2.15 bits per heavy atom. The highest BCUT2D eigenvalue weighted by molar-refractivity contribution is 6.22. The Kier molecular flexibility index (Phi) is 6.44. The van der Waals surface area contributed by atoms with Gasteiger partial charge >= 0.3 is 5.97 Å². The number of nitrogens with two attached hydrogens (primary N) is 1. The second-order valence-corrected chi connectivity index (χ2v) is 9.31. The fraction of sp³-hybridized carbons (Fsp3) is 0.565. The zero-order chi connectivity index (χ0) is 23.6. The van der Waals surface area contributed by atoms with Crippen LogP contribution in [0, 0.1) is 23.2 Å². The molecule has 4 rings (SSSR count). The van der Waals surface area contributed by atoms with E-state index in [0.717, 1.165) is 37.5 Å². The minimum Gasteiger partial charge on any atom is -0.477 e. The zero-order valence-corrected chi connectivity index (χ0v) is 18.5. The van der Waals surface area contributed by atoms with E-state index in [1.165, 1.54) is 6.42 Å². The number of carboxylic acids is 1. The molecule has 1 aromatic rings. The number of carbonyl (C=O) groups excluding carboxylic acids is 2. The quantitative estimate of drug-likeness (QED) is 0.337. The molecule has 33 heavy (non-hydrogen) atoms. The number of likely N-dealkylation sites (tertiary alicyclic amines) is 1. The van der Waals surface area contributed by atoms with Crippen LogP contribution in [0.3, 0.4) is 0 Å². The minimum atomic E-state index is -1.20. The van der Waals surface area contributed by atoms with E-state index in [-0.39, 0.29) is 36.7 Å². The molecule has 2 bridgehead atoms. The number of amides is 2. The Hall–Kier alpha value is -3.30. The third-order valence-electron chi connectivity index (χ3n) is 7.45. The number of nitrogens with zero attached hydrogens (tertiary/aromatic N) is 3. The van der Waals surface area contributed by atoms with E-state index in [1.54, 1.807) is 23.2 Å². The van der Waals surface area contributed by atoms with Crippen molar-refractivity contribution < 1.29 is 19.5 Å². The first-order chi connectivity index (χ1) is 15.8. The summed E-state index contributed by atoms with van der Waals surface area (Å²) >= 11 is 0. The fourth-order valence-electron chi connectivity index (χ4n) is 6.12. The number of carboxylic acid groups (broad SMARTS) is 1. The number of rotatable bonds is 8. The number of amidine groups is 1. The van der Waals surface area contributed by atoms with Gasteiger partial charge in [-0.2, -0.15) is 0 Å². The maximum absolute atomic E-state index is 13.8. The number of aliphatic carboxylic acids is 1. The van der Waals surface area contributed by atoms with Crippen molar-refractivity contribution in [2.45, 2.75) is 50.6 Å². The van der Waals surface area contributed by atoms with Crippen molar-refractivity contribution in [1.82, 2.24) is 15.2 Å². The number of carbonyl (C=O) groups is 3. The van der Waals surface area contributed by atoms with Crippen LogP contribution in [0.4, 0.5) is 0 Å². The lowest BCUT2D eigenvalue weighted by atomic mass is 9.71. The van der Waals surface area contributed by atoms with Gasteiger partial charge < -0.3 is 21.1 Å². The molecular weight excluding hydrogens is 424 g/mol. The number of fused-ring (bicyclic) bond motifs is 2. The maximum atomic E-state index is 13.8. The van der Waals surface area contributed by atoms with Crippen LogP contribution >= 0.6 is 0 Å². The molecule has 5 N–H and O–H groups in total. The van der Waals surface area contributed by atoms with Crippen LogP contribution in [0.25, 0.3) is 0 Å². The summed E-state index contributed by atoms with van der Waals surface area (Å²) in [5.41, 5.74) is 5.67. The van der Waals surface area contributed by atoms with Gasteiger partial charge in [-0.15, -0.1) is 0 Å². The first kappa shape index (κ1) is 22.9. The highest BCUT2D eigenvalue weighted by atomic mass is 16.4. The predicted octanol–water partition coefficient (Wildman–Crippen LogP) is 0.935. The third kappa shape index (κ3) is 4.46. The number of nitrogens with one attached hydrogen (secondary N) is 2. The van der Waals surface area contributed by atoms with Gasteiger partial charge in [-0.25, -0.2) is 4.79 Å². The Morgan fingerprint density at radius 3 is 2.76 bits per heavy atom. The largest absolute Gasteiger partial charge is 0.477 e. The number of aliphatic imine (C=N–C) groups is 1. The molecule has 2 heterocycles. The van der Waals surface area contributed by atoms with Gasteiger partial charge in [-0.05, 0) is 61.5 Å². The molecule has 10 nitrogen and oxygen atoms in total. The first-order valence-electron chi connectivity index (χ1n) is 11.4. The Bertz CT molecular complexity index is 978. The van der Waals surface area contributed by atoms with Gasteiger partial charge in [0.1, 0.15) is 29.8 Å². The summed E-state index contributed by atoms with van der Waals surface area (Å²) in [6.07, 6.45) is 7.95. The van der Waals surface area contributed by atoms with Crippen LogP contribution in [0.2, 0.25) is 0 Å². The van der Waals surface area contributed by atoms with Crippen LogP contribution in [0.5, 0.6) is 0 Å². The van der Waals surface area contributed by atoms with Crippen molar-refractivity contribution in [2.75, 3.05) is 13.1 Å². The summed E-state index contributed by atoms with van der Waals surface area (Å²) in [4.78, 5) is 47.2. The molecule has 2 amide bonds. The fourth-order valence-corrected chi connectivity index (χ4v) is 6.12. The Labute approximate surface area is 192 Å². The molecule has 3 fully saturated rings. The van der Waals surface area contributed by atoms with E-state index in [9.17, 15) is 14.4 Å². The Morgan fingerprint density at radius 1 is 1.33 bits per heavy atom. The van der Waals surface area contributed by atoms with Crippen LogP contribution in [-0.4, -0.2) is 63.5 Å². The first-order valence-corrected chi connectivity index (χ1v) is 11.4. The number of pyridine rings is 1.